The van der Waals surface area contributed by atoms with E-state index >= 15 is 0 Å². The van der Waals surface area contributed by atoms with Crippen molar-refractivity contribution in [2.45, 2.75) is 18.3 Å². The summed E-state index contributed by atoms with van der Waals surface area (Å²) < 4.78 is 15.8. The van der Waals surface area contributed by atoms with Crippen molar-refractivity contribution in [2.75, 3.05) is 53.6 Å². The summed E-state index contributed by atoms with van der Waals surface area (Å²) in [6, 6.07) is 10.2. The predicted molar refractivity (Wildman–Crippen MR) is 124 cm³/mol. The molecule has 2 aromatic rings. The third-order valence-corrected chi connectivity index (χ3v) is 6.65. The predicted octanol–water partition coefficient (Wildman–Crippen LogP) is 1.31. The lowest BCUT2D eigenvalue weighted by molar-refractivity contribution is -0.143. The standard InChI is InChI=1S/C25H29N3O7/c1-33-15-13-28-22(30)17-25(24(28)32,18-6-3-4-7-19(18)34-2)16-21(29)26-9-11-27(12-10-26)23(31)20-8-5-14-35-20/h3-8,14H,9-13,15-17H2,1-2H3/t25-/m1/s1. The number of para-hydroxylation sites is 1. The lowest BCUT2D eigenvalue weighted by Gasteiger charge is -2.36. The van der Waals surface area contributed by atoms with Crippen LogP contribution in [0.25, 0.3) is 0 Å². The lowest BCUT2D eigenvalue weighted by Crippen LogP contribution is -2.52. The molecule has 0 radical (unpaired) electrons. The second-order valence-corrected chi connectivity index (χ2v) is 8.63. The summed E-state index contributed by atoms with van der Waals surface area (Å²) in [6.45, 7) is 1.66. The van der Waals surface area contributed by atoms with E-state index in [-0.39, 0.29) is 49.5 Å². The molecule has 3 heterocycles. The molecule has 1 aromatic carbocycles. The number of imide groups is 1. The zero-order valence-electron chi connectivity index (χ0n) is 19.9. The molecule has 2 aliphatic rings. The number of ether oxygens (including phenoxy) is 2. The minimum atomic E-state index is -1.37. The van der Waals surface area contributed by atoms with Crippen molar-refractivity contribution in [1.82, 2.24) is 14.7 Å². The monoisotopic (exact) mass is 483 g/mol. The maximum absolute atomic E-state index is 13.7. The van der Waals surface area contributed by atoms with Crippen LogP contribution in [-0.4, -0.2) is 91.9 Å². The van der Waals surface area contributed by atoms with Gasteiger partial charge < -0.3 is 23.7 Å². The molecule has 2 aliphatic heterocycles. The zero-order valence-corrected chi connectivity index (χ0v) is 19.9. The number of carbonyl (C=O) groups excluding carboxylic acids is 4. The van der Waals surface area contributed by atoms with Crippen molar-refractivity contribution < 1.29 is 33.1 Å². The minimum absolute atomic E-state index is 0.118. The second-order valence-electron chi connectivity index (χ2n) is 8.63. The van der Waals surface area contributed by atoms with Gasteiger partial charge in [-0.1, -0.05) is 18.2 Å². The number of hydrogen-bond acceptors (Lipinski definition) is 7. The van der Waals surface area contributed by atoms with Crippen LogP contribution in [0.1, 0.15) is 29.0 Å². The Bertz CT molecular complexity index is 1090. The quantitative estimate of drug-likeness (QED) is 0.521. The van der Waals surface area contributed by atoms with Crippen molar-refractivity contribution >= 4 is 23.6 Å². The highest BCUT2D eigenvalue weighted by molar-refractivity contribution is 6.11. The Kier molecular flexibility index (Phi) is 7.20. The van der Waals surface area contributed by atoms with Gasteiger partial charge in [-0.25, -0.2) is 0 Å². The molecular formula is C25H29N3O7. The first kappa shape index (κ1) is 24.5. The van der Waals surface area contributed by atoms with Gasteiger partial charge in [-0.2, -0.15) is 0 Å². The average molecular weight is 484 g/mol. The van der Waals surface area contributed by atoms with Gasteiger partial charge in [0.05, 0.1) is 31.9 Å². The Balaban J connectivity index is 1.54. The van der Waals surface area contributed by atoms with Crippen LogP contribution < -0.4 is 4.74 Å². The van der Waals surface area contributed by atoms with Crippen molar-refractivity contribution in [3.63, 3.8) is 0 Å². The molecule has 35 heavy (non-hydrogen) atoms. The summed E-state index contributed by atoms with van der Waals surface area (Å²) in [5, 5.41) is 0. The number of methoxy groups -OCH3 is 2. The first-order valence-corrected chi connectivity index (χ1v) is 11.5. The van der Waals surface area contributed by atoms with Crippen LogP contribution in [0.3, 0.4) is 0 Å². The number of amides is 4. The molecule has 1 atom stereocenters. The molecule has 2 fully saturated rings. The Morgan fingerprint density at radius 1 is 1.00 bits per heavy atom. The Hall–Kier alpha value is -3.66. The van der Waals surface area contributed by atoms with E-state index in [1.165, 1.54) is 25.4 Å². The molecule has 0 aliphatic carbocycles. The number of benzene rings is 1. The number of furan rings is 1. The first-order valence-electron chi connectivity index (χ1n) is 11.5. The van der Waals surface area contributed by atoms with E-state index in [1.54, 1.807) is 46.2 Å². The summed E-state index contributed by atoms with van der Waals surface area (Å²) in [4.78, 5) is 57.0. The van der Waals surface area contributed by atoms with Crippen molar-refractivity contribution in [1.29, 1.82) is 0 Å². The molecule has 4 amide bonds. The number of carbonyl (C=O) groups is 4. The van der Waals surface area contributed by atoms with E-state index in [4.69, 9.17) is 13.9 Å². The van der Waals surface area contributed by atoms with E-state index in [0.29, 0.717) is 37.5 Å². The Morgan fingerprint density at radius 2 is 1.71 bits per heavy atom. The minimum Gasteiger partial charge on any atom is -0.496 e. The van der Waals surface area contributed by atoms with E-state index < -0.39 is 11.3 Å². The van der Waals surface area contributed by atoms with Gasteiger partial charge in [-0.3, -0.25) is 24.1 Å². The van der Waals surface area contributed by atoms with Gasteiger partial charge in [0.2, 0.25) is 17.7 Å². The van der Waals surface area contributed by atoms with Crippen LogP contribution in [0.4, 0.5) is 0 Å². The number of piperazine rings is 1. The lowest BCUT2D eigenvalue weighted by atomic mass is 9.75. The molecule has 0 N–H and O–H groups in total. The maximum atomic E-state index is 13.7. The molecule has 4 rings (SSSR count). The van der Waals surface area contributed by atoms with Crippen LogP contribution in [0.5, 0.6) is 5.75 Å². The van der Waals surface area contributed by atoms with Gasteiger partial charge in [0, 0.05) is 51.7 Å². The van der Waals surface area contributed by atoms with Gasteiger partial charge in [0.1, 0.15) is 5.75 Å². The third-order valence-electron chi connectivity index (χ3n) is 6.65. The third kappa shape index (κ3) is 4.66. The van der Waals surface area contributed by atoms with Crippen LogP contribution in [0, 0.1) is 0 Å². The van der Waals surface area contributed by atoms with Gasteiger partial charge in [0.25, 0.3) is 5.91 Å². The summed E-state index contributed by atoms with van der Waals surface area (Å²) in [6.07, 6.45) is 1.15. The first-order chi connectivity index (χ1) is 16.9. The largest absolute Gasteiger partial charge is 0.496 e. The van der Waals surface area contributed by atoms with Gasteiger partial charge in [-0.05, 0) is 18.2 Å². The fourth-order valence-electron chi connectivity index (χ4n) is 4.78. The van der Waals surface area contributed by atoms with Gasteiger partial charge >= 0.3 is 0 Å². The van der Waals surface area contributed by atoms with Crippen molar-refractivity contribution in [2.24, 2.45) is 0 Å². The smallest absolute Gasteiger partial charge is 0.289 e. The Morgan fingerprint density at radius 3 is 2.37 bits per heavy atom. The molecule has 0 unspecified atom stereocenters. The molecule has 0 bridgehead atoms. The maximum Gasteiger partial charge on any atom is 0.289 e. The van der Waals surface area contributed by atoms with Crippen LogP contribution in [0.15, 0.2) is 47.1 Å². The van der Waals surface area contributed by atoms with E-state index in [0.717, 1.165) is 0 Å². The van der Waals surface area contributed by atoms with Crippen LogP contribution in [-0.2, 0) is 24.5 Å². The van der Waals surface area contributed by atoms with Crippen LogP contribution >= 0.6 is 0 Å². The van der Waals surface area contributed by atoms with E-state index in [2.05, 4.69) is 0 Å². The molecular weight excluding hydrogens is 454 g/mol. The number of likely N-dealkylation sites (tertiary alicyclic amines) is 1. The molecule has 0 saturated carbocycles. The summed E-state index contributed by atoms with van der Waals surface area (Å²) in [7, 11) is 2.99. The molecule has 1 aromatic heterocycles. The highest BCUT2D eigenvalue weighted by Crippen LogP contribution is 2.44. The van der Waals surface area contributed by atoms with E-state index in [9.17, 15) is 19.2 Å². The molecule has 10 nitrogen and oxygen atoms in total. The topological polar surface area (TPSA) is 110 Å². The average Bonchev–Trinajstić information content (AvgIpc) is 3.50. The highest BCUT2D eigenvalue weighted by Gasteiger charge is 2.55. The van der Waals surface area contributed by atoms with Gasteiger partial charge in [0.15, 0.2) is 5.76 Å². The SMILES string of the molecule is COCCN1C(=O)C[C@](CC(=O)N2CCN(C(=O)c3ccco3)CC2)(c2ccccc2OC)C1=O. The van der Waals surface area contributed by atoms with Crippen molar-refractivity contribution in [3.05, 3.63) is 54.0 Å². The zero-order chi connectivity index (χ0) is 25.0. The normalized spacial score (nSPS) is 20.5. The van der Waals surface area contributed by atoms with E-state index in [1.807, 2.05) is 0 Å². The summed E-state index contributed by atoms with van der Waals surface area (Å²) >= 11 is 0. The fraction of sp³-hybridized carbons (Fsp3) is 0.440. The molecule has 0 spiro atoms. The fourth-order valence-corrected chi connectivity index (χ4v) is 4.78. The summed E-state index contributed by atoms with van der Waals surface area (Å²) in [5.74, 6) is -0.549. The molecule has 2 saturated heterocycles. The number of nitrogens with zero attached hydrogens (tertiary/aromatic N) is 3. The summed E-state index contributed by atoms with van der Waals surface area (Å²) in [5.41, 5.74) is -0.851. The number of hydrogen-bond donors (Lipinski definition) is 0. The Labute approximate surface area is 203 Å². The second kappa shape index (κ2) is 10.3. The number of rotatable bonds is 8. The molecule has 186 valence electrons. The van der Waals surface area contributed by atoms with Crippen molar-refractivity contribution in [3.8, 4) is 5.75 Å². The van der Waals surface area contributed by atoms with Gasteiger partial charge in [-0.15, -0.1) is 0 Å². The highest BCUT2D eigenvalue weighted by atomic mass is 16.5. The van der Waals surface area contributed by atoms with Crippen LogP contribution in [0.2, 0.25) is 0 Å². The molecule has 10 heteroatoms.